The number of esters is 1. The van der Waals surface area contributed by atoms with E-state index < -0.39 is 5.97 Å². The van der Waals surface area contributed by atoms with Crippen molar-refractivity contribution in [1.82, 2.24) is 19.7 Å². The van der Waals surface area contributed by atoms with E-state index in [0.29, 0.717) is 0 Å². The van der Waals surface area contributed by atoms with E-state index in [0.717, 1.165) is 0 Å². The first-order chi connectivity index (χ1) is 8.43. The van der Waals surface area contributed by atoms with Crippen molar-refractivity contribution in [3.05, 3.63) is 6.33 Å². The zero-order valence-electron chi connectivity index (χ0n) is 10.7. The zero-order chi connectivity index (χ0) is 13.7. The summed E-state index contributed by atoms with van der Waals surface area (Å²) in [6, 6.07) is -0.113. The Morgan fingerprint density at radius 3 is 2.67 bits per heavy atom. The molecule has 18 heavy (non-hydrogen) atoms. The van der Waals surface area contributed by atoms with Gasteiger partial charge in [0.15, 0.2) is 0 Å². The molecule has 0 radical (unpaired) electrons. The van der Waals surface area contributed by atoms with Crippen molar-refractivity contribution >= 4 is 17.8 Å². The van der Waals surface area contributed by atoms with Gasteiger partial charge in [0.1, 0.15) is 19.4 Å². The number of methoxy groups -OCH3 is 1. The summed E-state index contributed by atoms with van der Waals surface area (Å²) in [7, 11) is 1.28. The Labute approximate surface area is 105 Å². The number of nitrogen functional groups attached to an aromatic ring is 1. The zero-order valence-corrected chi connectivity index (χ0v) is 10.7. The minimum Gasteiger partial charge on any atom is -0.468 e. The van der Waals surface area contributed by atoms with Crippen molar-refractivity contribution in [2.45, 2.75) is 26.4 Å². The SMILES string of the molecule is COC(=O)CN(C(=O)Cn1cnc(N)n1)C(C)C. The molecule has 0 bridgehead atoms. The lowest BCUT2D eigenvalue weighted by Crippen LogP contribution is -2.42. The summed E-state index contributed by atoms with van der Waals surface area (Å²) in [6.07, 6.45) is 1.36. The number of rotatable bonds is 5. The second-order valence-electron chi connectivity index (χ2n) is 3.99. The van der Waals surface area contributed by atoms with Gasteiger partial charge in [0, 0.05) is 6.04 Å². The van der Waals surface area contributed by atoms with Crippen LogP contribution in [0, 0.1) is 0 Å². The third-order valence-electron chi connectivity index (χ3n) is 2.32. The number of nitrogens with zero attached hydrogens (tertiary/aromatic N) is 4. The fourth-order valence-corrected chi connectivity index (χ4v) is 1.38. The van der Waals surface area contributed by atoms with Crippen LogP contribution in [-0.4, -0.2) is 51.2 Å². The Bertz CT molecular complexity index is 429. The van der Waals surface area contributed by atoms with E-state index in [-0.39, 0.29) is 31.0 Å². The number of amides is 1. The first-order valence-corrected chi connectivity index (χ1v) is 5.45. The maximum Gasteiger partial charge on any atom is 0.325 e. The summed E-state index contributed by atoms with van der Waals surface area (Å²) in [5, 5.41) is 3.81. The smallest absolute Gasteiger partial charge is 0.325 e. The van der Waals surface area contributed by atoms with Gasteiger partial charge >= 0.3 is 5.97 Å². The van der Waals surface area contributed by atoms with Crippen molar-refractivity contribution in [2.24, 2.45) is 0 Å². The van der Waals surface area contributed by atoms with Gasteiger partial charge in [-0.3, -0.25) is 9.59 Å². The Hall–Kier alpha value is -2.12. The average Bonchev–Trinajstić information content (AvgIpc) is 2.70. The second-order valence-corrected chi connectivity index (χ2v) is 3.99. The molecule has 0 unspecified atom stereocenters. The molecule has 0 aliphatic rings. The molecule has 100 valence electrons. The van der Waals surface area contributed by atoms with Crippen LogP contribution in [0.1, 0.15) is 13.8 Å². The van der Waals surface area contributed by atoms with Crippen LogP contribution in [0.5, 0.6) is 0 Å². The highest BCUT2D eigenvalue weighted by Gasteiger charge is 2.21. The molecule has 0 atom stereocenters. The van der Waals surface area contributed by atoms with E-state index in [4.69, 9.17) is 5.73 Å². The highest BCUT2D eigenvalue weighted by molar-refractivity contribution is 5.82. The minimum absolute atomic E-state index is 0.0145. The van der Waals surface area contributed by atoms with Gasteiger partial charge in [0.05, 0.1) is 7.11 Å². The van der Waals surface area contributed by atoms with Crippen molar-refractivity contribution in [1.29, 1.82) is 0 Å². The quantitative estimate of drug-likeness (QED) is 0.696. The molecule has 2 N–H and O–H groups in total. The van der Waals surface area contributed by atoms with Crippen LogP contribution in [0.2, 0.25) is 0 Å². The second kappa shape index (κ2) is 5.99. The molecule has 1 aromatic heterocycles. The van der Waals surface area contributed by atoms with Gasteiger partial charge in [-0.25, -0.2) is 9.67 Å². The van der Waals surface area contributed by atoms with E-state index in [1.165, 1.54) is 23.0 Å². The van der Waals surface area contributed by atoms with Crippen molar-refractivity contribution < 1.29 is 14.3 Å². The molecule has 1 rings (SSSR count). The summed E-state index contributed by atoms with van der Waals surface area (Å²) >= 11 is 0. The van der Waals surface area contributed by atoms with Crippen molar-refractivity contribution in [3.63, 3.8) is 0 Å². The highest BCUT2D eigenvalue weighted by atomic mass is 16.5. The van der Waals surface area contributed by atoms with Crippen molar-refractivity contribution in [2.75, 3.05) is 19.4 Å². The summed E-state index contributed by atoms with van der Waals surface area (Å²) in [5.74, 6) is -0.609. The van der Waals surface area contributed by atoms with Gasteiger partial charge in [-0.15, -0.1) is 5.10 Å². The molecule has 0 fully saturated rings. The maximum absolute atomic E-state index is 12.0. The molecule has 0 aliphatic heterocycles. The number of carbonyl (C=O) groups is 2. The van der Waals surface area contributed by atoms with Crippen LogP contribution in [-0.2, 0) is 20.9 Å². The number of nitrogens with two attached hydrogens (primary N) is 1. The molecule has 8 heteroatoms. The Balaban J connectivity index is 2.68. The van der Waals surface area contributed by atoms with E-state index >= 15 is 0 Å². The molecule has 1 amide bonds. The maximum atomic E-state index is 12.0. The number of ether oxygens (including phenoxy) is 1. The average molecular weight is 255 g/mol. The summed E-state index contributed by atoms with van der Waals surface area (Å²) in [5.41, 5.74) is 5.35. The Morgan fingerprint density at radius 1 is 1.56 bits per heavy atom. The van der Waals surface area contributed by atoms with Gasteiger partial charge in [-0.2, -0.15) is 0 Å². The normalized spacial score (nSPS) is 10.4. The summed E-state index contributed by atoms with van der Waals surface area (Å²) in [4.78, 5) is 28.3. The third-order valence-corrected chi connectivity index (χ3v) is 2.32. The standard InChI is InChI=1S/C10H17N5O3/c1-7(2)15(5-9(17)18-3)8(16)4-14-6-12-10(11)13-14/h6-7H,4-5H2,1-3H3,(H2,11,13). The number of hydrogen-bond donors (Lipinski definition) is 1. The summed E-state index contributed by atoms with van der Waals surface area (Å²) in [6.45, 7) is 3.53. The fraction of sp³-hybridized carbons (Fsp3) is 0.600. The van der Waals surface area contributed by atoms with Crippen LogP contribution in [0.25, 0.3) is 0 Å². The fourth-order valence-electron chi connectivity index (χ4n) is 1.38. The number of aromatic nitrogens is 3. The Kier molecular flexibility index (Phi) is 4.64. The monoisotopic (exact) mass is 255 g/mol. The molecular formula is C10H17N5O3. The predicted octanol–water partition coefficient (Wildman–Crippen LogP) is -0.730. The van der Waals surface area contributed by atoms with Crippen LogP contribution >= 0.6 is 0 Å². The number of hydrogen-bond acceptors (Lipinski definition) is 6. The molecule has 0 aromatic carbocycles. The molecule has 1 heterocycles. The first kappa shape index (κ1) is 13.9. The van der Waals surface area contributed by atoms with Crippen LogP contribution in [0.4, 0.5) is 5.95 Å². The highest BCUT2D eigenvalue weighted by Crippen LogP contribution is 2.02. The lowest BCUT2D eigenvalue weighted by Gasteiger charge is -2.25. The van der Waals surface area contributed by atoms with E-state index in [2.05, 4.69) is 14.8 Å². The van der Waals surface area contributed by atoms with Crippen LogP contribution in [0.3, 0.4) is 0 Å². The summed E-state index contributed by atoms with van der Waals surface area (Å²) < 4.78 is 5.87. The van der Waals surface area contributed by atoms with Gasteiger partial charge in [0.2, 0.25) is 11.9 Å². The molecular weight excluding hydrogens is 238 g/mol. The van der Waals surface area contributed by atoms with Gasteiger partial charge in [0.25, 0.3) is 0 Å². The molecule has 8 nitrogen and oxygen atoms in total. The van der Waals surface area contributed by atoms with Gasteiger partial charge < -0.3 is 15.4 Å². The molecule has 0 saturated carbocycles. The number of carbonyl (C=O) groups excluding carboxylic acids is 2. The van der Waals surface area contributed by atoms with E-state index in [9.17, 15) is 9.59 Å². The Morgan fingerprint density at radius 2 is 2.22 bits per heavy atom. The molecule has 0 aliphatic carbocycles. The lowest BCUT2D eigenvalue weighted by molar-refractivity contribution is -0.148. The van der Waals surface area contributed by atoms with Gasteiger partial charge in [-0.05, 0) is 13.8 Å². The minimum atomic E-state index is -0.463. The predicted molar refractivity (Wildman–Crippen MR) is 63.3 cm³/mol. The van der Waals surface area contributed by atoms with Crippen LogP contribution in [0.15, 0.2) is 6.33 Å². The topological polar surface area (TPSA) is 103 Å². The lowest BCUT2D eigenvalue weighted by atomic mass is 10.3. The van der Waals surface area contributed by atoms with Gasteiger partial charge in [-0.1, -0.05) is 0 Å². The molecule has 1 aromatic rings. The third kappa shape index (κ3) is 3.72. The largest absolute Gasteiger partial charge is 0.468 e. The number of anilines is 1. The first-order valence-electron chi connectivity index (χ1n) is 5.45. The van der Waals surface area contributed by atoms with E-state index in [1.807, 2.05) is 13.8 Å². The molecule has 0 spiro atoms. The molecule has 0 saturated heterocycles. The van der Waals surface area contributed by atoms with E-state index in [1.54, 1.807) is 0 Å². The van der Waals surface area contributed by atoms with Crippen molar-refractivity contribution in [3.8, 4) is 0 Å². The van der Waals surface area contributed by atoms with Crippen LogP contribution < -0.4 is 5.73 Å².